The first-order valence-corrected chi connectivity index (χ1v) is 10.4. The first-order valence-electron chi connectivity index (χ1n) is 10.4. The third-order valence-electron chi connectivity index (χ3n) is 5.36. The molecule has 0 aromatic heterocycles. The summed E-state index contributed by atoms with van der Waals surface area (Å²) in [5.41, 5.74) is 3.32. The van der Waals surface area contributed by atoms with E-state index >= 15 is 0 Å². The van der Waals surface area contributed by atoms with Gasteiger partial charge in [-0.25, -0.2) is 0 Å². The van der Waals surface area contributed by atoms with Crippen LogP contribution in [0.3, 0.4) is 0 Å². The summed E-state index contributed by atoms with van der Waals surface area (Å²) in [5, 5.41) is 12.2. The first kappa shape index (κ1) is 20.9. The molecule has 3 aromatic rings. The van der Waals surface area contributed by atoms with E-state index in [1.807, 2.05) is 13.0 Å². The molecule has 0 radical (unpaired) electrons. The maximum Gasteiger partial charge on any atom is 0.217 e. The van der Waals surface area contributed by atoms with E-state index in [4.69, 9.17) is 4.74 Å². The predicted molar refractivity (Wildman–Crippen MR) is 123 cm³/mol. The van der Waals surface area contributed by atoms with Gasteiger partial charge >= 0.3 is 0 Å². The highest BCUT2D eigenvalue weighted by Gasteiger charge is 2.20. The highest BCUT2D eigenvalue weighted by atomic mass is 16.6. The van der Waals surface area contributed by atoms with Gasteiger partial charge in [-0.3, -0.25) is 0 Å². The number of aryl methyl sites for hydroxylation is 1. The summed E-state index contributed by atoms with van der Waals surface area (Å²) in [7, 11) is 0. The summed E-state index contributed by atoms with van der Waals surface area (Å²) < 4.78 is 5.55. The van der Waals surface area contributed by atoms with E-state index in [1.54, 1.807) is 0 Å². The Bertz CT molecular complexity index is 966. The molecule has 0 spiro atoms. The quantitative estimate of drug-likeness (QED) is 0.324. The number of ether oxygens (including phenoxy) is 1. The molecule has 0 heterocycles. The molecule has 2 unspecified atom stereocenters. The van der Waals surface area contributed by atoms with Crippen molar-refractivity contribution in [3.8, 4) is 5.75 Å². The van der Waals surface area contributed by atoms with Crippen LogP contribution in [0.2, 0.25) is 0 Å². The summed E-state index contributed by atoms with van der Waals surface area (Å²) >= 11 is 0. The molecule has 3 nitrogen and oxygen atoms in total. The molecule has 0 amide bonds. The van der Waals surface area contributed by atoms with Crippen LogP contribution in [0.1, 0.15) is 38.7 Å². The molecule has 3 rings (SSSR count). The Balaban J connectivity index is 2.05. The Hall–Kier alpha value is -2.78. The SMILES string of the molecule is C=CC(O)Oc1ccc(N(c2ccc3ccccc3c2)C(CC)CCC)cc1C. The van der Waals surface area contributed by atoms with Gasteiger partial charge in [0.1, 0.15) is 5.75 Å². The maximum absolute atomic E-state index is 9.74. The maximum atomic E-state index is 9.74. The van der Waals surface area contributed by atoms with Crippen molar-refractivity contribution in [3.63, 3.8) is 0 Å². The molecular formula is C26H31NO2. The van der Waals surface area contributed by atoms with Crippen LogP contribution in [-0.4, -0.2) is 17.4 Å². The van der Waals surface area contributed by atoms with Crippen LogP contribution >= 0.6 is 0 Å². The highest BCUT2D eigenvalue weighted by molar-refractivity contribution is 5.87. The van der Waals surface area contributed by atoms with Gasteiger partial charge in [-0.2, -0.15) is 0 Å². The average molecular weight is 390 g/mol. The van der Waals surface area contributed by atoms with Crippen LogP contribution in [0.25, 0.3) is 10.8 Å². The molecular weight excluding hydrogens is 358 g/mol. The number of nitrogens with zero attached hydrogens (tertiary/aromatic N) is 1. The van der Waals surface area contributed by atoms with Crippen molar-refractivity contribution in [1.82, 2.24) is 0 Å². The third kappa shape index (κ3) is 4.80. The molecule has 0 fully saturated rings. The van der Waals surface area contributed by atoms with Gasteiger partial charge in [-0.15, -0.1) is 0 Å². The van der Waals surface area contributed by atoms with E-state index < -0.39 is 6.29 Å². The Morgan fingerprint density at radius 1 is 1.00 bits per heavy atom. The fraction of sp³-hybridized carbons (Fsp3) is 0.308. The molecule has 2 atom stereocenters. The smallest absolute Gasteiger partial charge is 0.217 e. The van der Waals surface area contributed by atoms with E-state index in [0.29, 0.717) is 11.8 Å². The summed E-state index contributed by atoms with van der Waals surface area (Å²) in [6.45, 7) is 10.1. The summed E-state index contributed by atoms with van der Waals surface area (Å²) in [6.07, 6.45) is 3.69. The van der Waals surface area contributed by atoms with Gasteiger partial charge in [0.05, 0.1) is 0 Å². The van der Waals surface area contributed by atoms with Crippen molar-refractivity contribution < 1.29 is 9.84 Å². The standard InChI is InChI=1S/C26H31NO2/c1-5-10-22(6-2)27(24-14-13-20-11-8-9-12-21(20)18-24)23-15-16-25(19(4)17-23)29-26(28)7-3/h7-9,11-18,22,26,28H,3,5-6,10H2,1-2,4H3. The molecule has 0 bridgehead atoms. The van der Waals surface area contributed by atoms with E-state index in [0.717, 1.165) is 30.5 Å². The van der Waals surface area contributed by atoms with Crippen molar-refractivity contribution in [3.05, 3.63) is 78.9 Å². The number of anilines is 2. The zero-order valence-electron chi connectivity index (χ0n) is 17.6. The van der Waals surface area contributed by atoms with Crippen LogP contribution in [0.4, 0.5) is 11.4 Å². The number of fused-ring (bicyclic) bond motifs is 1. The Kier molecular flexibility index (Phi) is 6.95. The number of aliphatic hydroxyl groups is 1. The highest BCUT2D eigenvalue weighted by Crippen LogP contribution is 2.35. The minimum atomic E-state index is -1.00. The van der Waals surface area contributed by atoms with Crippen LogP contribution < -0.4 is 9.64 Å². The molecule has 29 heavy (non-hydrogen) atoms. The van der Waals surface area contributed by atoms with Crippen LogP contribution in [0, 0.1) is 6.92 Å². The van der Waals surface area contributed by atoms with Crippen molar-refractivity contribution in [1.29, 1.82) is 0 Å². The van der Waals surface area contributed by atoms with Crippen molar-refractivity contribution >= 4 is 22.1 Å². The van der Waals surface area contributed by atoms with E-state index in [9.17, 15) is 5.11 Å². The summed E-state index contributed by atoms with van der Waals surface area (Å²) in [4.78, 5) is 2.44. The topological polar surface area (TPSA) is 32.7 Å². The van der Waals surface area contributed by atoms with Crippen molar-refractivity contribution in [2.75, 3.05) is 4.90 Å². The van der Waals surface area contributed by atoms with Gasteiger partial charge < -0.3 is 14.7 Å². The zero-order chi connectivity index (χ0) is 20.8. The average Bonchev–Trinajstić information content (AvgIpc) is 2.74. The van der Waals surface area contributed by atoms with Crippen LogP contribution in [-0.2, 0) is 0 Å². The Morgan fingerprint density at radius 3 is 2.34 bits per heavy atom. The van der Waals surface area contributed by atoms with Gasteiger partial charge in [0, 0.05) is 17.4 Å². The summed E-state index contributed by atoms with van der Waals surface area (Å²) in [6, 6.07) is 21.7. The number of aliphatic hydroxyl groups excluding tert-OH is 1. The van der Waals surface area contributed by atoms with Gasteiger partial charge in [-0.05, 0) is 72.5 Å². The molecule has 0 aliphatic carbocycles. The fourth-order valence-corrected chi connectivity index (χ4v) is 3.84. The Morgan fingerprint density at radius 2 is 1.69 bits per heavy atom. The zero-order valence-corrected chi connectivity index (χ0v) is 17.6. The monoisotopic (exact) mass is 389 g/mol. The second-order valence-electron chi connectivity index (χ2n) is 7.45. The number of hydrogen-bond acceptors (Lipinski definition) is 3. The normalized spacial score (nSPS) is 13.1. The predicted octanol–water partition coefficient (Wildman–Crippen LogP) is 6.75. The van der Waals surface area contributed by atoms with E-state index in [-0.39, 0.29) is 0 Å². The second kappa shape index (κ2) is 9.62. The lowest BCUT2D eigenvalue weighted by molar-refractivity contribution is 0.0245. The molecule has 1 N–H and O–H groups in total. The third-order valence-corrected chi connectivity index (χ3v) is 5.36. The van der Waals surface area contributed by atoms with Gasteiger partial charge in [-0.1, -0.05) is 57.2 Å². The minimum Gasteiger partial charge on any atom is -0.461 e. The van der Waals surface area contributed by atoms with Crippen molar-refractivity contribution in [2.45, 2.75) is 52.4 Å². The number of hydrogen-bond donors (Lipinski definition) is 1. The molecule has 152 valence electrons. The molecule has 0 aliphatic rings. The van der Waals surface area contributed by atoms with E-state index in [2.05, 4.69) is 79.9 Å². The fourth-order valence-electron chi connectivity index (χ4n) is 3.84. The molecule has 0 saturated heterocycles. The van der Waals surface area contributed by atoms with Crippen LogP contribution in [0.15, 0.2) is 73.3 Å². The number of rotatable bonds is 9. The lowest BCUT2D eigenvalue weighted by atomic mass is 10.0. The largest absolute Gasteiger partial charge is 0.461 e. The molecule has 0 aliphatic heterocycles. The second-order valence-corrected chi connectivity index (χ2v) is 7.45. The van der Waals surface area contributed by atoms with Crippen molar-refractivity contribution in [2.24, 2.45) is 0 Å². The van der Waals surface area contributed by atoms with Gasteiger partial charge in [0.2, 0.25) is 6.29 Å². The molecule has 0 saturated carbocycles. The van der Waals surface area contributed by atoms with Gasteiger partial charge in [0.15, 0.2) is 0 Å². The number of benzene rings is 3. The van der Waals surface area contributed by atoms with Gasteiger partial charge in [0.25, 0.3) is 0 Å². The van der Waals surface area contributed by atoms with Crippen LogP contribution in [0.5, 0.6) is 5.75 Å². The molecule has 3 aromatic carbocycles. The lowest BCUT2D eigenvalue weighted by Crippen LogP contribution is -2.30. The Labute approximate surface area is 174 Å². The summed E-state index contributed by atoms with van der Waals surface area (Å²) in [5.74, 6) is 0.670. The lowest BCUT2D eigenvalue weighted by Gasteiger charge is -2.34. The van der Waals surface area contributed by atoms with E-state index in [1.165, 1.54) is 22.5 Å². The molecule has 3 heteroatoms. The first-order chi connectivity index (χ1) is 14.1. The minimum absolute atomic E-state index is 0.408.